The molecule has 1 aliphatic rings. The van der Waals surface area contributed by atoms with Gasteiger partial charge in [0.15, 0.2) is 0 Å². The van der Waals surface area contributed by atoms with E-state index < -0.39 is 6.23 Å². The van der Waals surface area contributed by atoms with Crippen LogP contribution in [0.4, 0.5) is 5.69 Å². The van der Waals surface area contributed by atoms with E-state index in [0.29, 0.717) is 6.42 Å². The van der Waals surface area contributed by atoms with Gasteiger partial charge in [-0.1, -0.05) is 12.1 Å². The summed E-state index contributed by atoms with van der Waals surface area (Å²) in [5.41, 5.74) is 7.67. The molecule has 0 aromatic heterocycles. The third kappa shape index (κ3) is 2.95. The minimum absolute atomic E-state index is 0.516. The van der Waals surface area contributed by atoms with Crippen molar-refractivity contribution >= 4 is 5.69 Å². The van der Waals surface area contributed by atoms with E-state index in [1.807, 2.05) is 12.1 Å². The van der Waals surface area contributed by atoms with Crippen molar-refractivity contribution in [1.82, 2.24) is 5.32 Å². The summed E-state index contributed by atoms with van der Waals surface area (Å²) in [5.74, 6) is 0. The Hall–Kier alpha value is -1.10. The summed E-state index contributed by atoms with van der Waals surface area (Å²) in [6, 6.07) is 8.27. The van der Waals surface area contributed by atoms with Crippen molar-refractivity contribution in [2.75, 3.05) is 31.1 Å². The molecule has 1 saturated heterocycles. The smallest absolute Gasteiger partial charge is 0.106 e. The van der Waals surface area contributed by atoms with Gasteiger partial charge in [0.05, 0.1) is 0 Å². The molecule has 1 heterocycles. The Morgan fingerprint density at radius 3 is 2.44 bits per heavy atom. The molecule has 1 aromatic rings. The molecule has 1 fully saturated rings. The molecule has 4 N–H and O–H groups in total. The quantitative estimate of drug-likeness (QED) is 0.625. The average Bonchev–Trinajstić information content (AvgIpc) is 2.30. The molecule has 0 radical (unpaired) electrons. The van der Waals surface area contributed by atoms with Crippen LogP contribution in [-0.2, 0) is 6.42 Å². The van der Waals surface area contributed by atoms with E-state index in [4.69, 9.17) is 10.8 Å². The van der Waals surface area contributed by atoms with Crippen LogP contribution < -0.4 is 16.0 Å². The third-order valence-electron chi connectivity index (χ3n) is 2.86. The molecular weight excluding hydrogens is 202 g/mol. The predicted octanol–water partition coefficient (Wildman–Crippen LogP) is -0.0842. The summed E-state index contributed by atoms with van der Waals surface area (Å²) in [7, 11) is 0. The van der Waals surface area contributed by atoms with Crippen LogP contribution in [0, 0.1) is 0 Å². The molecule has 1 aliphatic heterocycles. The molecule has 88 valence electrons. The number of aliphatic hydroxyl groups is 1. The zero-order chi connectivity index (χ0) is 11.4. The molecule has 0 saturated carbocycles. The first-order valence-electron chi connectivity index (χ1n) is 5.74. The van der Waals surface area contributed by atoms with E-state index in [1.54, 1.807) is 0 Å². The molecule has 0 spiro atoms. The number of aliphatic hydroxyl groups excluding tert-OH is 1. The van der Waals surface area contributed by atoms with E-state index >= 15 is 0 Å². The van der Waals surface area contributed by atoms with Crippen LogP contribution in [0.3, 0.4) is 0 Å². The Morgan fingerprint density at radius 1 is 1.25 bits per heavy atom. The van der Waals surface area contributed by atoms with Crippen molar-refractivity contribution in [2.24, 2.45) is 5.73 Å². The maximum atomic E-state index is 9.08. The Kier molecular flexibility index (Phi) is 3.77. The second-order valence-corrected chi connectivity index (χ2v) is 4.17. The van der Waals surface area contributed by atoms with Gasteiger partial charge in [-0.3, -0.25) is 0 Å². The summed E-state index contributed by atoms with van der Waals surface area (Å²) in [6.45, 7) is 4.20. The van der Waals surface area contributed by atoms with Gasteiger partial charge in [-0.15, -0.1) is 0 Å². The largest absolute Gasteiger partial charge is 0.378 e. The highest BCUT2D eigenvalue weighted by atomic mass is 16.3. The van der Waals surface area contributed by atoms with Crippen LogP contribution in [0.15, 0.2) is 24.3 Å². The van der Waals surface area contributed by atoms with E-state index in [-0.39, 0.29) is 0 Å². The highest BCUT2D eigenvalue weighted by Gasteiger charge is 2.09. The second-order valence-electron chi connectivity index (χ2n) is 4.17. The van der Waals surface area contributed by atoms with E-state index in [9.17, 15) is 0 Å². The van der Waals surface area contributed by atoms with Gasteiger partial charge in [0.25, 0.3) is 0 Å². The standard InChI is InChI=1S/C12H19N3O/c13-12(16)9-10-1-3-11(4-2-10)15-7-5-14-6-8-15/h1-4,12,14,16H,5-9,13H2. The average molecular weight is 221 g/mol. The molecule has 0 amide bonds. The van der Waals surface area contributed by atoms with Gasteiger partial charge in [0.2, 0.25) is 0 Å². The minimum atomic E-state index is -0.759. The number of benzene rings is 1. The van der Waals surface area contributed by atoms with E-state index in [0.717, 1.165) is 31.7 Å². The summed E-state index contributed by atoms with van der Waals surface area (Å²) in [4.78, 5) is 2.36. The van der Waals surface area contributed by atoms with Crippen LogP contribution in [0.1, 0.15) is 5.56 Å². The summed E-state index contributed by atoms with van der Waals surface area (Å²) in [5, 5.41) is 12.4. The summed E-state index contributed by atoms with van der Waals surface area (Å²) >= 11 is 0. The number of piperazine rings is 1. The fourth-order valence-electron chi connectivity index (χ4n) is 2.01. The van der Waals surface area contributed by atoms with Gasteiger partial charge in [0.1, 0.15) is 6.23 Å². The molecule has 0 bridgehead atoms. The van der Waals surface area contributed by atoms with Gasteiger partial charge in [0, 0.05) is 38.3 Å². The van der Waals surface area contributed by atoms with Crippen molar-refractivity contribution in [1.29, 1.82) is 0 Å². The second kappa shape index (κ2) is 5.30. The highest BCUT2D eigenvalue weighted by molar-refractivity contribution is 5.48. The SMILES string of the molecule is NC(O)Cc1ccc(N2CCNCC2)cc1. The van der Waals surface area contributed by atoms with Crippen molar-refractivity contribution in [3.8, 4) is 0 Å². The normalized spacial score (nSPS) is 18.5. The maximum absolute atomic E-state index is 9.08. The number of nitrogens with one attached hydrogen (secondary N) is 1. The van der Waals surface area contributed by atoms with Crippen LogP contribution in [0.2, 0.25) is 0 Å². The maximum Gasteiger partial charge on any atom is 0.106 e. The lowest BCUT2D eigenvalue weighted by Gasteiger charge is -2.29. The van der Waals surface area contributed by atoms with Crippen molar-refractivity contribution in [3.05, 3.63) is 29.8 Å². The van der Waals surface area contributed by atoms with E-state index in [1.165, 1.54) is 5.69 Å². The van der Waals surface area contributed by atoms with Crippen molar-refractivity contribution in [3.63, 3.8) is 0 Å². The lowest BCUT2D eigenvalue weighted by molar-refractivity contribution is 0.183. The number of rotatable bonds is 3. The number of anilines is 1. The lowest BCUT2D eigenvalue weighted by Crippen LogP contribution is -2.43. The Bertz CT molecular complexity index is 318. The van der Waals surface area contributed by atoms with Crippen LogP contribution in [0.5, 0.6) is 0 Å². The molecule has 16 heavy (non-hydrogen) atoms. The van der Waals surface area contributed by atoms with Gasteiger partial charge >= 0.3 is 0 Å². The molecule has 2 rings (SSSR count). The summed E-state index contributed by atoms with van der Waals surface area (Å²) < 4.78 is 0. The van der Waals surface area contributed by atoms with Crippen LogP contribution in [0.25, 0.3) is 0 Å². The number of nitrogens with two attached hydrogens (primary N) is 1. The molecule has 4 nitrogen and oxygen atoms in total. The Morgan fingerprint density at radius 2 is 1.88 bits per heavy atom. The first-order valence-corrected chi connectivity index (χ1v) is 5.74. The predicted molar refractivity (Wildman–Crippen MR) is 65.4 cm³/mol. The van der Waals surface area contributed by atoms with E-state index in [2.05, 4.69) is 22.3 Å². The molecule has 0 aliphatic carbocycles. The third-order valence-corrected chi connectivity index (χ3v) is 2.86. The fraction of sp³-hybridized carbons (Fsp3) is 0.500. The summed E-state index contributed by atoms with van der Waals surface area (Å²) in [6.07, 6.45) is -0.244. The first-order chi connectivity index (χ1) is 7.75. The monoisotopic (exact) mass is 221 g/mol. The lowest BCUT2D eigenvalue weighted by atomic mass is 10.1. The van der Waals surface area contributed by atoms with Gasteiger partial charge in [-0.25, -0.2) is 0 Å². The zero-order valence-corrected chi connectivity index (χ0v) is 9.39. The van der Waals surface area contributed by atoms with Crippen LogP contribution in [-0.4, -0.2) is 37.5 Å². The number of hydrogen-bond acceptors (Lipinski definition) is 4. The number of hydrogen-bond donors (Lipinski definition) is 3. The fourth-order valence-corrected chi connectivity index (χ4v) is 2.01. The van der Waals surface area contributed by atoms with Crippen molar-refractivity contribution in [2.45, 2.75) is 12.6 Å². The molecular formula is C12H19N3O. The first kappa shape index (κ1) is 11.4. The molecule has 1 atom stereocenters. The molecule has 1 unspecified atom stereocenters. The van der Waals surface area contributed by atoms with Gasteiger partial charge < -0.3 is 21.1 Å². The van der Waals surface area contributed by atoms with Gasteiger partial charge in [-0.05, 0) is 17.7 Å². The molecule has 1 aromatic carbocycles. The number of nitrogens with zero attached hydrogens (tertiary/aromatic N) is 1. The van der Waals surface area contributed by atoms with Gasteiger partial charge in [-0.2, -0.15) is 0 Å². The Labute approximate surface area is 96.1 Å². The highest BCUT2D eigenvalue weighted by Crippen LogP contribution is 2.16. The topological polar surface area (TPSA) is 61.5 Å². The van der Waals surface area contributed by atoms with Crippen LogP contribution >= 0.6 is 0 Å². The molecule has 4 heteroatoms. The minimum Gasteiger partial charge on any atom is -0.378 e. The van der Waals surface area contributed by atoms with Crippen molar-refractivity contribution < 1.29 is 5.11 Å². The zero-order valence-electron chi connectivity index (χ0n) is 9.39. The Balaban J connectivity index is 2.00.